The van der Waals surface area contributed by atoms with Crippen LogP contribution in [0.25, 0.3) is 11.1 Å². The summed E-state index contributed by atoms with van der Waals surface area (Å²) in [5.41, 5.74) is 5.45. The number of ether oxygens (including phenoxy) is 1. The second-order valence-electron chi connectivity index (χ2n) is 8.32. The van der Waals surface area contributed by atoms with Gasteiger partial charge < -0.3 is 20.1 Å². The summed E-state index contributed by atoms with van der Waals surface area (Å²) in [6.45, 7) is 1.02. The van der Waals surface area contributed by atoms with Gasteiger partial charge in [-0.05, 0) is 46.2 Å². The zero-order chi connectivity index (χ0) is 24.4. The molecule has 0 atom stereocenters. The minimum Gasteiger partial charge on any atom is -0.477 e. The number of hydrogen-bond donors (Lipinski definition) is 2. The van der Waals surface area contributed by atoms with E-state index in [1.807, 2.05) is 24.3 Å². The number of carbonyl (C=O) groups excluding carboxylic acids is 2. The van der Waals surface area contributed by atoms with Gasteiger partial charge in [0, 0.05) is 23.9 Å². The molecule has 1 aromatic heterocycles. The van der Waals surface area contributed by atoms with E-state index in [0.717, 1.165) is 32.7 Å². The number of nitrogens with one attached hydrogen (secondary N) is 1. The molecule has 0 spiro atoms. The van der Waals surface area contributed by atoms with E-state index >= 15 is 0 Å². The molecule has 0 radical (unpaired) electrons. The fourth-order valence-corrected chi connectivity index (χ4v) is 5.58. The lowest BCUT2D eigenvalue weighted by Gasteiger charge is -2.24. The third-order valence-corrected chi connectivity index (χ3v) is 7.45. The highest BCUT2D eigenvalue weighted by molar-refractivity contribution is 7.14. The van der Waals surface area contributed by atoms with Gasteiger partial charge in [-0.3, -0.25) is 4.79 Å². The van der Waals surface area contributed by atoms with Gasteiger partial charge in [0.25, 0.3) is 5.91 Å². The summed E-state index contributed by atoms with van der Waals surface area (Å²) in [5.74, 6) is 3.89. The van der Waals surface area contributed by atoms with Gasteiger partial charge in [0.1, 0.15) is 11.5 Å². The standard InChI is InChI=1S/C27H22N2O5S/c30-25(29-13-11-23-17(15-29)14-24(35-23)26(31)32)10-5-12-28-27(33)34-16-22-20-8-3-1-6-18(20)19-7-2-4-9-21(19)22/h1-4,6-9,14,22H,11-13,15-16H2,(H,28,33)(H,31,32). The topological polar surface area (TPSA) is 95.9 Å². The van der Waals surface area contributed by atoms with Crippen molar-refractivity contribution in [3.63, 3.8) is 0 Å². The molecule has 8 heteroatoms. The molecular formula is C27H22N2O5S. The number of nitrogens with zero attached hydrogens (tertiary/aromatic N) is 1. The third kappa shape index (κ3) is 4.63. The molecule has 2 amide bonds. The lowest BCUT2D eigenvalue weighted by atomic mass is 9.98. The molecule has 7 nitrogen and oxygen atoms in total. The van der Waals surface area contributed by atoms with Crippen LogP contribution in [0.3, 0.4) is 0 Å². The predicted molar refractivity (Wildman–Crippen MR) is 131 cm³/mol. The van der Waals surface area contributed by atoms with Gasteiger partial charge in [0.15, 0.2) is 0 Å². The Kier molecular flexibility index (Phi) is 6.25. The van der Waals surface area contributed by atoms with E-state index in [-0.39, 0.29) is 29.9 Å². The van der Waals surface area contributed by atoms with Crippen molar-refractivity contribution < 1.29 is 24.2 Å². The van der Waals surface area contributed by atoms with E-state index in [4.69, 9.17) is 9.84 Å². The number of aromatic carboxylic acids is 1. The number of hydrogen-bond acceptors (Lipinski definition) is 5. The Balaban J connectivity index is 1.12. The SMILES string of the molecule is O=C(NCC#CC(=O)N1CCc2sc(C(=O)O)cc2C1)OCC1c2ccccc2-c2ccccc21. The van der Waals surface area contributed by atoms with Crippen molar-refractivity contribution in [3.8, 4) is 23.0 Å². The van der Waals surface area contributed by atoms with E-state index in [0.29, 0.717) is 19.5 Å². The highest BCUT2D eigenvalue weighted by atomic mass is 32.1. The van der Waals surface area contributed by atoms with Gasteiger partial charge in [-0.2, -0.15) is 0 Å². The maximum atomic E-state index is 12.4. The number of carboxylic acids is 1. The van der Waals surface area contributed by atoms with Gasteiger partial charge in [-0.1, -0.05) is 54.5 Å². The lowest BCUT2D eigenvalue weighted by Crippen LogP contribution is -2.34. The van der Waals surface area contributed by atoms with E-state index in [2.05, 4.69) is 41.4 Å². The van der Waals surface area contributed by atoms with Crippen LogP contribution in [0, 0.1) is 11.8 Å². The van der Waals surface area contributed by atoms with Gasteiger partial charge in [-0.15, -0.1) is 11.3 Å². The highest BCUT2D eigenvalue weighted by Crippen LogP contribution is 2.44. The zero-order valence-electron chi connectivity index (χ0n) is 18.7. The maximum absolute atomic E-state index is 12.4. The van der Waals surface area contributed by atoms with Crippen LogP contribution in [-0.2, 0) is 22.5 Å². The summed E-state index contributed by atoms with van der Waals surface area (Å²) >= 11 is 1.25. The monoisotopic (exact) mass is 486 g/mol. The Morgan fingerprint density at radius 1 is 1.09 bits per heavy atom. The van der Waals surface area contributed by atoms with Crippen LogP contribution < -0.4 is 5.32 Å². The molecule has 2 aromatic carbocycles. The molecule has 176 valence electrons. The zero-order valence-corrected chi connectivity index (χ0v) is 19.6. The second kappa shape index (κ2) is 9.65. The van der Waals surface area contributed by atoms with Crippen molar-refractivity contribution in [3.05, 3.63) is 81.0 Å². The number of fused-ring (bicyclic) bond motifs is 4. The fraction of sp³-hybridized carbons (Fsp3) is 0.222. The average Bonchev–Trinajstić information content (AvgIpc) is 3.44. The van der Waals surface area contributed by atoms with Gasteiger partial charge in [-0.25, -0.2) is 9.59 Å². The number of amides is 2. The first-order valence-corrected chi connectivity index (χ1v) is 12.0. The van der Waals surface area contributed by atoms with Crippen LogP contribution in [0.1, 0.15) is 37.2 Å². The number of carbonyl (C=O) groups is 3. The number of alkyl carbamates (subject to hydrolysis) is 1. The van der Waals surface area contributed by atoms with Crippen molar-refractivity contribution in [2.45, 2.75) is 18.9 Å². The summed E-state index contributed by atoms with van der Waals surface area (Å²) in [6, 6.07) is 17.9. The molecule has 0 fully saturated rings. The van der Waals surface area contributed by atoms with Crippen LogP contribution in [0.2, 0.25) is 0 Å². The second-order valence-corrected chi connectivity index (χ2v) is 9.46. The van der Waals surface area contributed by atoms with Crippen LogP contribution in [-0.4, -0.2) is 47.7 Å². The number of carboxylic acid groups (broad SMARTS) is 1. The third-order valence-electron chi connectivity index (χ3n) is 6.22. The summed E-state index contributed by atoms with van der Waals surface area (Å²) < 4.78 is 5.46. The normalized spacial score (nSPS) is 13.7. The van der Waals surface area contributed by atoms with Gasteiger partial charge >= 0.3 is 12.1 Å². The molecule has 35 heavy (non-hydrogen) atoms. The van der Waals surface area contributed by atoms with Gasteiger partial charge in [0.2, 0.25) is 0 Å². The average molecular weight is 487 g/mol. The molecule has 0 saturated carbocycles. The van der Waals surface area contributed by atoms with E-state index < -0.39 is 12.1 Å². The van der Waals surface area contributed by atoms with E-state index in [1.165, 1.54) is 11.3 Å². The Bertz CT molecular complexity index is 1340. The summed E-state index contributed by atoms with van der Waals surface area (Å²) in [5, 5.41) is 11.7. The molecule has 0 unspecified atom stereocenters. The number of thiophene rings is 1. The number of rotatable bonds is 4. The van der Waals surface area contributed by atoms with Crippen LogP contribution in [0.5, 0.6) is 0 Å². The highest BCUT2D eigenvalue weighted by Gasteiger charge is 2.29. The van der Waals surface area contributed by atoms with E-state index in [1.54, 1.807) is 11.0 Å². The molecule has 0 bridgehead atoms. The molecular weight excluding hydrogens is 464 g/mol. The van der Waals surface area contributed by atoms with Gasteiger partial charge in [0.05, 0.1) is 6.54 Å². The Hall–Kier alpha value is -4.09. The largest absolute Gasteiger partial charge is 0.477 e. The molecule has 0 saturated heterocycles. The first kappa shape index (κ1) is 22.7. The molecule has 2 N–H and O–H groups in total. The fourth-order valence-electron chi connectivity index (χ4n) is 4.58. The Labute approximate surface area is 206 Å². The summed E-state index contributed by atoms with van der Waals surface area (Å²) in [6.07, 6.45) is 0.0225. The van der Waals surface area contributed by atoms with Crippen molar-refractivity contribution in [1.82, 2.24) is 10.2 Å². The molecule has 5 rings (SSSR count). The summed E-state index contributed by atoms with van der Waals surface area (Å²) in [4.78, 5) is 38.7. The lowest BCUT2D eigenvalue weighted by molar-refractivity contribution is -0.125. The Morgan fingerprint density at radius 2 is 1.77 bits per heavy atom. The van der Waals surface area contributed by atoms with Crippen molar-refractivity contribution in [2.24, 2.45) is 0 Å². The molecule has 2 aliphatic rings. The molecule has 1 aliphatic carbocycles. The quantitative estimate of drug-likeness (QED) is 0.546. The van der Waals surface area contributed by atoms with Crippen LogP contribution in [0.4, 0.5) is 4.79 Å². The molecule has 2 heterocycles. The van der Waals surface area contributed by atoms with Crippen LogP contribution in [0.15, 0.2) is 54.6 Å². The first-order chi connectivity index (χ1) is 17.0. The molecule has 3 aromatic rings. The molecule has 1 aliphatic heterocycles. The predicted octanol–water partition coefficient (Wildman–Crippen LogP) is 3.87. The minimum atomic E-state index is -0.957. The summed E-state index contributed by atoms with van der Waals surface area (Å²) in [7, 11) is 0. The van der Waals surface area contributed by atoms with Crippen molar-refractivity contribution >= 4 is 29.3 Å². The maximum Gasteiger partial charge on any atom is 0.407 e. The van der Waals surface area contributed by atoms with Crippen LogP contribution >= 0.6 is 11.3 Å². The Morgan fingerprint density at radius 3 is 2.46 bits per heavy atom. The number of benzene rings is 2. The smallest absolute Gasteiger partial charge is 0.407 e. The first-order valence-electron chi connectivity index (χ1n) is 11.2. The minimum absolute atomic E-state index is 0.0108. The van der Waals surface area contributed by atoms with Crippen molar-refractivity contribution in [2.75, 3.05) is 19.7 Å². The van der Waals surface area contributed by atoms with E-state index in [9.17, 15) is 14.4 Å². The van der Waals surface area contributed by atoms with Crippen molar-refractivity contribution in [1.29, 1.82) is 0 Å².